The molecule has 0 heterocycles. The minimum absolute atomic E-state index is 0.0544. The number of hydrogen-bond acceptors (Lipinski definition) is 0. The Labute approximate surface area is 420 Å². The first-order valence-corrected chi connectivity index (χ1v) is 24.1. The molecule has 0 bridgehead atoms. The maximum atomic E-state index is 3.41. The van der Waals surface area contributed by atoms with E-state index in [9.17, 15) is 0 Å². The molecular formula is C70H62. The Bertz CT molecular complexity index is 3100. The summed E-state index contributed by atoms with van der Waals surface area (Å²) < 4.78 is 0. The van der Waals surface area contributed by atoms with Crippen LogP contribution < -0.4 is 0 Å². The molecule has 0 nitrogen and oxygen atoms in total. The molecule has 342 valence electrons. The fourth-order valence-electron chi connectivity index (χ4n) is 7.18. The summed E-state index contributed by atoms with van der Waals surface area (Å²) in [6.45, 7) is 27.0. The van der Waals surface area contributed by atoms with E-state index in [-0.39, 0.29) is 21.7 Å². The Morgan fingerprint density at radius 1 is 0.171 bits per heavy atom. The van der Waals surface area contributed by atoms with Crippen molar-refractivity contribution in [1.29, 1.82) is 0 Å². The summed E-state index contributed by atoms with van der Waals surface area (Å²) >= 11 is 0. The summed E-state index contributed by atoms with van der Waals surface area (Å²) in [4.78, 5) is 0. The fourth-order valence-corrected chi connectivity index (χ4v) is 7.18. The van der Waals surface area contributed by atoms with Crippen LogP contribution in [0.15, 0.2) is 158 Å². The molecule has 7 rings (SSSR count). The van der Waals surface area contributed by atoms with Crippen LogP contribution in [-0.4, -0.2) is 0 Å². The van der Waals surface area contributed by atoms with Crippen LogP contribution in [0, 0.1) is 71.0 Å². The molecule has 0 spiro atoms. The second-order valence-corrected chi connectivity index (χ2v) is 22.0. The Hall–Kier alpha value is -8.10. The highest BCUT2D eigenvalue weighted by molar-refractivity contribution is 5.54. The van der Waals surface area contributed by atoms with Crippen LogP contribution in [-0.2, 0) is 21.7 Å². The van der Waals surface area contributed by atoms with Crippen molar-refractivity contribution in [1.82, 2.24) is 0 Å². The third-order valence-electron chi connectivity index (χ3n) is 11.9. The molecule has 0 amide bonds. The minimum Gasteiger partial charge on any atom is -0.0617 e. The zero-order valence-electron chi connectivity index (χ0n) is 43.0. The van der Waals surface area contributed by atoms with Crippen molar-refractivity contribution in [3.8, 4) is 71.0 Å². The van der Waals surface area contributed by atoms with Crippen molar-refractivity contribution in [2.75, 3.05) is 0 Å². The van der Waals surface area contributed by atoms with E-state index in [1.54, 1.807) is 0 Å². The minimum atomic E-state index is 0.0544. The molecule has 7 aromatic rings. The topological polar surface area (TPSA) is 0 Å². The van der Waals surface area contributed by atoms with Crippen molar-refractivity contribution < 1.29 is 0 Å². The number of rotatable bonds is 0. The Balaban J connectivity index is 0.906. The van der Waals surface area contributed by atoms with Crippen LogP contribution in [0.3, 0.4) is 0 Å². The zero-order valence-corrected chi connectivity index (χ0v) is 43.0. The van der Waals surface area contributed by atoms with Crippen LogP contribution in [0.4, 0.5) is 0 Å². The summed E-state index contributed by atoms with van der Waals surface area (Å²) in [5.41, 5.74) is 16.9. The van der Waals surface area contributed by atoms with Crippen molar-refractivity contribution in [2.45, 2.75) is 105 Å². The third-order valence-corrected chi connectivity index (χ3v) is 11.9. The van der Waals surface area contributed by atoms with E-state index in [4.69, 9.17) is 0 Å². The molecule has 0 aliphatic carbocycles. The molecule has 0 atom stereocenters. The molecule has 0 saturated heterocycles. The standard InChI is InChI=1S/C70H62/c1-67(2,3)63-45-61(46-64(49-63)68(4,5)6)43-41-59-37-33-57(34-38-59)31-29-55-25-21-53(22-26-55)19-17-51-13-15-52(16-14-51)18-20-54-23-27-56(28-24-54)30-32-58-35-39-60(40-36-58)42-44-62-47-65(69(7,8)9)50-66(48-62)70(10,11)12/h13-16,21-28,33-40,45-50H,1-12H3. The first-order chi connectivity index (χ1) is 33.1. The van der Waals surface area contributed by atoms with Gasteiger partial charge in [-0.15, -0.1) is 0 Å². The average molecular weight is 903 g/mol. The quantitative estimate of drug-likeness (QED) is 0.133. The van der Waals surface area contributed by atoms with Gasteiger partial charge in [0.15, 0.2) is 0 Å². The molecule has 0 radical (unpaired) electrons. The monoisotopic (exact) mass is 902 g/mol. The van der Waals surface area contributed by atoms with Crippen LogP contribution >= 0.6 is 0 Å². The zero-order chi connectivity index (χ0) is 50.1. The van der Waals surface area contributed by atoms with Gasteiger partial charge >= 0.3 is 0 Å². The maximum Gasteiger partial charge on any atom is 0.0254 e. The van der Waals surface area contributed by atoms with Gasteiger partial charge in [0.05, 0.1) is 0 Å². The Morgan fingerprint density at radius 2 is 0.286 bits per heavy atom. The summed E-state index contributed by atoms with van der Waals surface area (Å²) in [7, 11) is 0. The van der Waals surface area contributed by atoms with Gasteiger partial charge in [-0.1, -0.05) is 166 Å². The van der Waals surface area contributed by atoms with Gasteiger partial charge < -0.3 is 0 Å². The molecule has 70 heavy (non-hydrogen) atoms. The smallest absolute Gasteiger partial charge is 0.0254 e. The van der Waals surface area contributed by atoms with Gasteiger partial charge in [0.2, 0.25) is 0 Å². The fraction of sp³-hybridized carbons (Fsp3) is 0.229. The predicted molar refractivity (Wildman–Crippen MR) is 296 cm³/mol. The lowest BCUT2D eigenvalue weighted by atomic mass is 9.79. The maximum absolute atomic E-state index is 3.41. The van der Waals surface area contributed by atoms with Gasteiger partial charge in [0, 0.05) is 66.8 Å². The predicted octanol–water partition coefficient (Wildman–Crippen LogP) is 15.3. The highest BCUT2D eigenvalue weighted by Crippen LogP contribution is 2.31. The van der Waals surface area contributed by atoms with Crippen molar-refractivity contribution in [2.24, 2.45) is 0 Å². The summed E-state index contributed by atoms with van der Waals surface area (Å²) in [6.07, 6.45) is 0. The summed E-state index contributed by atoms with van der Waals surface area (Å²) in [5.74, 6) is 39.8. The van der Waals surface area contributed by atoms with E-state index in [0.717, 1.165) is 66.8 Å². The highest BCUT2D eigenvalue weighted by Gasteiger charge is 2.21. The van der Waals surface area contributed by atoms with Crippen molar-refractivity contribution in [3.63, 3.8) is 0 Å². The Kier molecular flexibility index (Phi) is 15.0. The van der Waals surface area contributed by atoms with E-state index in [0.29, 0.717) is 0 Å². The van der Waals surface area contributed by atoms with E-state index < -0.39 is 0 Å². The molecule has 0 saturated carbocycles. The van der Waals surface area contributed by atoms with Crippen LogP contribution in [0.5, 0.6) is 0 Å². The lowest BCUT2D eigenvalue weighted by molar-refractivity contribution is 0.567. The molecule has 0 unspecified atom stereocenters. The second-order valence-electron chi connectivity index (χ2n) is 22.0. The van der Waals surface area contributed by atoms with E-state index >= 15 is 0 Å². The van der Waals surface area contributed by atoms with Crippen LogP contribution in [0.25, 0.3) is 0 Å². The first kappa shape index (κ1) is 49.8. The van der Waals surface area contributed by atoms with Gasteiger partial charge in [0.25, 0.3) is 0 Å². The van der Waals surface area contributed by atoms with Crippen molar-refractivity contribution >= 4 is 0 Å². The van der Waals surface area contributed by atoms with Crippen LogP contribution in [0.2, 0.25) is 0 Å². The van der Waals surface area contributed by atoms with Gasteiger partial charge in [-0.3, -0.25) is 0 Å². The molecular weight excluding hydrogens is 841 g/mol. The van der Waals surface area contributed by atoms with Gasteiger partial charge in [-0.05, 0) is 190 Å². The molecule has 0 aliphatic heterocycles. The summed E-state index contributed by atoms with van der Waals surface area (Å²) in [5, 5.41) is 0. The number of benzene rings is 7. The normalized spacial score (nSPS) is 11.0. The second kappa shape index (κ2) is 21.0. The molecule has 0 N–H and O–H groups in total. The van der Waals surface area contributed by atoms with Crippen LogP contribution in [0.1, 0.15) is 172 Å². The average Bonchev–Trinajstić information content (AvgIpc) is 3.33. The highest BCUT2D eigenvalue weighted by atomic mass is 14.3. The lowest BCUT2D eigenvalue weighted by Gasteiger charge is -2.25. The summed E-state index contributed by atoms with van der Waals surface area (Å²) in [6, 6.07) is 53.9. The van der Waals surface area contributed by atoms with Gasteiger partial charge in [0.1, 0.15) is 0 Å². The van der Waals surface area contributed by atoms with E-state index in [1.807, 2.05) is 121 Å². The molecule has 7 aromatic carbocycles. The lowest BCUT2D eigenvalue weighted by Crippen LogP contribution is -2.16. The largest absolute Gasteiger partial charge is 0.0617 e. The van der Waals surface area contributed by atoms with E-state index in [2.05, 4.69) is 191 Å². The van der Waals surface area contributed by atoms with Crippen molar-refractivity contribution in [3.05, 3.63) is 247 Å². The van der Waals surface area contributed by atoms with Gasteiger partial charge in [-0.25, -0.2) is 0 Å². The molecule has 0 aromatic heterocycles. The Morgan fingerprint density at radius 3 is 0.400 bits per heavy atom. The third kappa shape index (κ3) is 14.5. The van der Waals surface area contributed by atoms with Gasteiger partial charge in [-0.2, -0.15) is 0 Å². The molecule has 0 fully saturated rings. The SMILES string of the molecule is CC(C)(C)c1cc(C#Cc2ccc(C#Cc3ccc(C#Cc4ccc(C#Cc5ccc(C#Cc6ccc(C#Cc7cc(C(C)(C)C)cc(C(C)(C)C)c7)cc6)cc5)cc4)cc3)cc2)cc(C(C)(C)C)c1. The van der Waals surface area contributed by atoms with E-state index in [1.165, 1.54) is 22.3 Å². The molecule has 0 aliphatic rings. The number of hydrogen-bond donors (Lipinski definition) is 0. The molecule has 0 heteroatoms. The first-order valence-electron chi connectivity index (χ1n) is 24.1.